The predicted molar refractivity (Wildman–Crippen MR) is 117 cm³/mol. The molecular weight excluding hydrogens is 388 g/mol. The Morgan fingerprint density at radius 2 is 1.72 bits per heavy atom. The highest BCUT2D eigenvalue weighted by Crippen LogP contribution is 2.37. The van der Waals surface area contributed by atoms with Crippen molar-refractivity contribution >= 4 is 9.84 Å². The number of rotatable bonds is 8. The molecule has 29 heavy (non-hydrogen) atoms. The molecule has 7 heteroatoms. The second-order valence-corrected chi connectivity index (χ2v) is 10.6. The summed E-state index contributed by atoms with van der Waals surface area (Å²) < 4.78 is 36.8. The summed E-state index contributed by atoms with van der Waals surface area (Å²) in [6.07, 6.45) is 6.98. The van der Waals surface area contributed by atoms with Crippen LogP contribution in [0, 0.1) is 5.92 Å². The van der Waals surface area contributed by atoms with Gasteiger partial charge in [0.2, 0.25) is 0 Å². The highest BCUT2D eigenvalue weighted by atomic mass is 32.2. The molecule has 0 bridgehead atoms. The van der Waals surface area contributed by atoms with Crippen molar-refractivity contribution in [1.29, 1.82) is 0 Å². The fourth-order valence-electron chi connectivity index (χ4n) is 5.12. The lowest BCUT2D eigenvalue weighted by Gasteiger charge is -2.43. The van der Waals surface area contributed by atoms with Crippen LogP contribution < -0.4 is 14.8 Å². The smallest absolute Gasteiger partial charge is 0.163 e. The Labute approximate surface area is 175 Å². The van der Waals surface area contributed by atoms with E-state index in [4.69, 9.17) is 9.47 Å². The van der Waals surface area contributed by atoms with Crippen LogP contribution in [0.2, 0.25) is 0 Å². The first-order chi connectivity index (χ1) is 13.9. The van der Waals surface area contributed by atoms with Gasteiger partial charge in [-0.05, 0) is 87.3 Å². The molecule has 1 N–H and O–H groups in total. The Morgan fingerprint density at radius 3 is 2.28 bits per heavy atom. The number of sulfone groups is 1. The van der Waals surface area contributed by atoms with Gasteiger partial charge in [-0.1, -0.05) is 6.92 Å². The van der Waals surface area contributed by atoms with Crippen LogP contribution in [0.3, 0.4) is 0 Å². The van der Waals surface area contributed by atoms with Gasteiger partial charge in [-0.2, -0.15) is 0 Å². The molecule has 1 fully saturated rings. The molecule has 2 atom stereocenters. The van der Waals surface area contributed by atoms with Gasteiger partial charge in [-0.3, -0.25) is 4.90 Å². The lowest BCUT2D eigenvalue weighted by molar-refractivity contribution is 0.114. The highest BCUT2D eigenvalue weighted by Gasteiger charge is 2.40. The van der Waals surface area contributed by atoms with Gasteiger partial charge in [0.15, 0.2) is 21.3 Å². The average molecular weight is 425 g/mol. The third-order valence-electron chi connectivity index (χ3n) is 6.41. The number of nitrogens with zero attached hydrogens (tertiary/aromatic N) is 1. The fraction of sp³-hybridized carbons (Fsp3) is 0.727. The first kappa shape index (κ1) is 22.4. The minimum Gasteiger partial charge on any atom is -0.493 e. The van der Waals surface area contributed by atoms with E-state index in [1.165, 1.54) is 17.4 Å². The summed E-state index contributed by atoms with van der Waals surface area (Å²) in [6.45, 7) is 4.76. The molecule has 1 saturated heterocycles. The summed E-state index contributed by atoms with van der Waals surface area (Å²) in [7, 11) is 0.136. The fourth-order valence-corrected chi connectivity index (χ4v) is 6.86. The van der Waals surface area contributed by atoms with E-state index in [-0.39, 0.29) is 12.0 Å². The van der Waals surface area contributed by atoms with Gasteiger partial charge in [0, 0.05) is 12.3 Å². The molecule has 0 spiro atoms. The van der Waals surface area contributed by atoms with E-state index in [0.29, 0.717) is 0 Å². The monoisotopic (exact) mass is 424 g/mol. The number of nitrogens with one attached hydrogen (secondary N) is 1. The lowest BCUT2D eigenvalue weighted by Crippen LogP contribution is -2.54. The number of aryl methyl sites for hydroxylation is 1. The maximum absolute atomic E-state index is 12.9. The van der Waals surface area contributed by atoms with E-state index in [1.54, 1.807) is 14.2 Å². The van der Waals surface area contributed by atoms with E-state index < -0.39 is 15.2 Å². The molecule has 1 aliphatic heterocycles. The Hall–Kier alpha value is -1.31. The van der Waals surface area contributed by atoms with Crippen molar-refractivity contribution in [1.82, 2.24) is 10.2 Å². The van der Waals surface area contributed by atoms with Crippen molar-refractivity contribution < 1.29 is 17.9 Å². The van der Waals surface area contributed by atoms with Crippen molar-refractivity contribution in [2.45, 2.75) is 56.9 Å². The number of methoxy groups -OCH3 is 2. The SMILES string of the molecule is CCCN(C1CCc2cc(OC)c(OC)cc2C1)C(C1CCNCC1)S(C)(=O)=O. The van der Waals surface area contributed by atoms with Crippen molar-refractivity contribution in [2.24, 2.45) is 5.92 Å². The average Bonchev–Trinajstić information content (AvgIpc) is 2.71. The Morgan fingerprint density at radius 1 is 1.10 bits per heavy atom. The van der Waals surface area contributed by atoms with Gasteiger partial charge in [0.05, 0.1) is 14.2 Å². The Bertz CT molecular complexity index is 790. The number of piperidine rings is 1. The van der Waals surface area contributed by atoms with Gasteiger partial charge < -0.3 is 14.8 Å². The second-order valence-electron chi connectivity index (χ2n) is 8.42. The number of hydrogen-bond donors (Lipinski definition) is 1. The second kappa shape index (κ2) is 9.67. The maximum atomic E-state index is 12.9. The summed E-state index contributed by atoms with van der Waals surface area (Å²) in [6, 6.07) is 4.38. The van der Waals surface area contributed by atoms with E-state index in [0.717, 1.165) is 69.7 Å². The summed E-state index contributed by atoms with van der Waals surface area (Å²) in [4.78, 5) is 2.31. The first-order valence-corrected chi connectivity index (χ1v) is 12.7. The zero-order valence-electron chi connectivity index (χ0n) is 18.2. The number of ether oxygens (including phenoxy) is 2. The molecule has 2 unspecified atom stereocenters. The molecule has 0 saturated carbocycles. The summed E-state index contributed by atoms with van der Waals surface area (Å²) in [5.74, 6) is 1.70. The van der Waals surface area contributed by atoms with Crippen molar-refractivity contribution in [3.8, 4) is 11.5 Å². The van der Waals surface area contributed by atoms with Crippen LogP contribution in [0.5, 0.6) is 11.5 Å². The van der Waals surface area contributed by atoms with Gasteiger partial charge in [-0.25, -0.2) is 8.42 Å². The van der Waals surface area contributed by atoms with Crippen LogP contribution in [-0.2, 0) is 22.7 Å². The van der Waals surface area contributed by atoms with Crippen LogP contribution in [0.25, 0.3) is 0 Å². The number of hydrogen-bond acceptors (Lipinski definition) is 6. The topological polar surface area (TPSA) is 67.9 Å². The summed E-state index contributed by atoms with van der Waals surface area (Å²) >= 11 is 0. The highest BCUT2D eigenvalue weighted by molar-refractivity contribution is 7.91. The standard InChI is InChI=1S/C22H36N2O4S/c1-5-12-24(22(29(4,25)26)16-8-10-23-11-9-16)19-7-6-17-14-20(27-2)21(28-3)15-18(17)13-19/h14-16,19,22-23H,5-13H2,1-4H3. The van der Waals surface area contributed by atoms with E-state index in [1.807, 2.05) is 0 Å². The van der Waals surface area contributed by atoms with Crippen molar-refractivity contribution in [2.75, 3.05) is 40.1 Å². The van der Waals surface area contributed by atoms with Gasteiger partial charge in [0.1, 0.15) is 5.37 Å². The molecule has 1 aliphatic carbocycles. The van der Waals surface area contributed by atoms with E-state index in [2.05, 4.69) is 29.3 Å². The van der Waals surface area contributed by atoms with E-state index in [9.17, 15) is 8.42 Å². The minimum atomic E-state index is -3.18. The van der Waals surface area contributed by atoms with Crippen LogP contribution in [0.4, 0.5) is 0 Å². The Balaban J connectivity index is 1.90. The third kappa shape index (κ3) is 5.06. The van der Waals surface area contributed by atoms with E-state index >= 15 is 0 Å². The normalized spacial score (nSPS) is 21.6. The van der Waals surface area contributed by atoms with Gasteiger partial charge in [0.25, 0.3) is 0 Å². The zero-order valence-corrected chi connectivity index (χ0v) is 19.1. The largest absolute Gasteiger partial charge is 0.493 e. The molecule has 164 valence electrons. The molecule has 0 radical (unpaired) electrons. The molecule has 6 nitrogen and oxygen atoms in total. The van der Waals surface area contributed by atoms with Crippen molar-refractivity contribution in [3.05, 3.63) is 23.3 Å². The number of fused-ring (bicyclic) bond motifs is 1. The summed E-state index contributed by atoms with van der Waals surface area (Å²) in [5.41, 5.74) is 2.53. The molecule has 1 aromatic rings. The first-order valence-electron chi connectivity index (χ1n) is 10.8. The maximum Gasteiger partial charge on any atom is 0.163 e. The summed E-state index contributed by atoms with van der Waals surface area (Å²) in [5, 5.41) is 2.98. The third-order valence-corrected chi connectivity index (χ3v) is 7.94. The molecular formula is C22H36N2O4S. The molecule has 0 amide bonds. The van der Waals surface area contributed by atoms with Crippen LogP contribution in [0.15, 0.2) is 12.1 Å². The van der Waals surface area contributed by atoms with Crippen LogP contribution >= 0.6 is 0 Å². The zero-order chi connectivity index (χ0) is 21.0. The van der Waals surface area contributed by atoms with Gasteiger partial charge >= 0.3 is 0 Å². The molecule has 2 aliphatic rings. The minimum absolute atomic E-state index is 0.199. The van der Waals surface area contributed by atoms with Crippen LogP contribution in [-0.4, -0.2) is 64.8 Å². The molecule has 3 rings (SSSR count). The Kier molecular flexibility index (Phi) is 7.46. The van der Waals surface area contributed by atoms with Crippen molar-refractivity contribution in [3.63, 3.8) is 0 Å². The number of benzene rings is 1. The molecule has 1 aromatic carbocycles. The van der Waals surface area contributed by atoms with Gasteiger partial charge in [-0.15, -0.1) is 0 Å². The molecule has 1 heterocycles. The molecule has 0 aromatic heterocycles. The predicted octanol–water partition coefficient (Wildman–Crippen LogP) is 2.64. The quantitative estimate of drug-likeness (QED) is 0.692. The lowest BCUT2D eigenvalue weighted by atomic mass is 9.86. The van der Waals surface area contributed by atoms with Crippen LogP contribution in [0.1, 0.15) is 43.7 Å².